The van der Waals surface area contributed by atoms with Crippen molar-refractivity contribution < 1.29 is 18.3 Å². The van der Waals surface area contributed by atoms with Crippen molar-refractivity contribution >= 4 is 40.2 Å². The van der Waals surface area contributed by atoms with Crippen molar-refractivity contribution in [1.82, 2.24) is 9.55 Å². The van der Waals surface area contributed by atoms with Crippen LogP contribution in [0.15, 0.2) is 72.0 Å². The summed E-state index contributed by atoms with van der Waals surface area (Å²) in [5.74, 6) is 0.0698. The Morgan fingerprint density at radius 1 is 1.06 bits per heavy atom. The van der Waals surface area contributed by atoms with Crippen LogP contribution in [0.4, 0.5) is 13.2 Å². The molecule has 0 bridgehead atoms. The first-order valence-electron chi connectivity index (χ1n) is 10.5. The number of pyridine rings is 1. The fourth-order valence-electron chi connectivity index (χ4n) is 4.46. The predicted octanol–water partition coefficient (Wildman–Crippen LogP) is 7.11. The van der Waals surface area contributed by atoms with Gasteiger partial charge in [-0.25, -0.2) is 0 Å². The van der Waals surface area contributed by atoms with Crippen molar-refractivity contribution in [1.29, 1.82) is 0 Å². The topological polar surface area (TPSA) is 50.4 Å². The molecule has 0 spiro atoms. The molecule has 1 aliphatic rings. The summed E-state index contributed by atoms with van der Waals surface area (Å²) < 4.78 is 44.7. The van der Waals surface area contributed by atoms with Crippen LogP contribution < -0.4 is 0 Å². The SMILES string of the molecule is Oc1c2ccc(C3CC(c4cc(Cl)cc(Cl)c4)(C(F)(F)F)C=N3)cc2cn1Cc1ccccn1. The van der Waals surface area contributed by atoms with E-state index in [-0.39, 0.29) is 27.9 Å². The van der Waals surface area contributed by atoms with Crippen LogP contribution >= 0.6 is 23.2 Å². The van der Waals surface area contributed by atoms with E-state index in [2.05, 4.69) is 9.98 Å². The summed E-state index contributed by atoms with van der Waals surface area (Å²) in [5.41, 5.74) is -0.940. The molecular formula is C25H18Cl2F3N3O. The molecule has 4 aromatic rings. The van der Waals surface area contributed by atoms with Crippen LogP contribution in [0.25, 0.3) is 10.8 Å². The number of aromatic hydroxyl groups is 1. The molecule has 174 valence electrons. The van der Waals surface area contributed by atoms with Crippen LogP contribution in [0.5, 0.6) is 5.88 Å². The number of rotatable bonds is 4. The van der Waals surface area contributed by atoms with Crippen molar-refractivity contribution in [2.75, 3.05) is 0 Å². The molecule has 3 heterocycles. The Hall–Kier alpha value is -3.03. The number of alkyl halides is 3. The minimum Gasteiger partial charge on any atom is -0.494 e. The van der Waals surface area contributed by atoms with Gasteiger partial charge in [-0.3, -0.25) is 9.98 Å². The molecule has 2 unspecified atom stereocenters. The van der Waals surface area contributed by atoms with Crippen LogP contribution in [0.2, 0.25) is 10.0 Å². The van der Waals surface area contributed by atoms with E-state index < -0.39 is 17.6 Å². The van der Waals surface area contributed by atoms with Gasteiger partial charge >= 0.3 is 6.18 Å². The zero-order chi connectivity index (χ0) is 24.1. The van der Waals surface area contributed by atoms with Gasteiger partial charge in [0.1, 0.15) is 5.41 Å². The minimum absolute atomic E-state index is 0.0380. The maximum Gasteiger partial charge on any atom is 0.403 e. The summed E-state index contributed by atoms with van der Waals surface area (Å²) in [7, 11) is 0. The molecule has 0 saturated heterocycles. The third-order valence-electron chi connectivity index (χ3n) is 6.20. The normalized spacial score (nSPS) is 20.3. The summed E-state index contributed by atoms with van der Waals surface area (Å²) in [4.78, 5) is 8.52. The molecule has 4 nitrogen and oxygen atoms in total. The molecule has 2 aromatic heterocycles. The van der Waals surface area contributed by atoms with E-state index in [0.29, 0.717) is 22.9 Å². The number of hydrogen-bond acceptors (Lipinski definition) is 3. The van der Waals surface area contributed by atoms with Gasteiger partial charge in [-0.15, -0.1) is 0 Å². The third-order valence-corrected chi connectivity index (χ3v) is 6.64. The maximum absolute atomic E-state index is 14.4. The van der Waals surface area contributed by atoms with E-state index in [1.807, 2.05) is 18.2 Å². The third kappa shape index (κ3) is 3.93. The van der Waals surface area contributed by atoms with Crippen molar-refractivity contribution in [2.24, 2.45) is 4.99 Å². The highest BCUT2D eigenvalue weighted by Gasteiger charge is 2.58. The Morgan fingerprint density at radius 3 is 2.50 bits per heavy atom. The number of aromatic nitrogens is 2. The molecule has 1 N–H and O–H groups in total. The number of halogens is 5. The predicted molar refractivity (Wildman–Crippen MR) is 127 cm³/mol. The molecule has 34 heavy (non-hydrogen) atoms. The second-order valence-corrected chi connectivity index (χ2v) is 9.25. The highest BCUT2D eigenvalue weighted by atomic mass is 35.5. The summed E-state index contributed by atoms with van der Waals surface area (Å²) in [5, 5.41) is 12.2. The molecule has 0 amide bonds. The summed E-state index contributed by atoms with van der Waals surface area (Å²) in [6.45, 7) is 0.366. The van der Waals surface area contributed by atoms with E-state index in [1.54, 1.807) is 35.2 Å². The molecule has 0 saturated carbocycles. The van der Waals surface area contributed by atoms with E-state index in [9.17, 15) is 18.3 Å². The second-order valence-electron chi connectivity index (χ2n) is 8.37. The van der Waals surface area contributed by atoms with E-state index in [4.69, 9.17) is 23.2 Å². The number of hydrogen-bond donors (Lipinski definition) is 1. The lowest BCUT2D eigenvalue weighted by atomic mass is 9.77. The van der Waals surface area contributed by atoms with Gasteiger partial charge in [0.05, 0.1) is 18.3 Å². The van der Waals surface area contributed by atoms with Gasteiger partial charge in [0.15, 0.2) is 5.88 Å². The van der Waals surface area contributed by atoms with Crippen LogP contribution in [0, 0.1) is 0 Å². The van der Waals surface area contributed by atoms with E-state index >= 15 is 0 Å². The van der Waals surface area contributed by atoms with Gasteiger partial charge in [-0.2, -0.15) is 13.2 Å². The number of fused-ring (bicyclic) bond motifs is 1. The molecule has 1 aliphatic heterocycles. The average Bonchev–Trinajstić information content (AvgIpc) is 3.37. The first kappa shape index (κ1) is 22.7. The van der Waals surface area contributed by atoms with Crippen molar-refractivity contribution in [3.63, 3.8) is 0 Å². The fourth-order valence-corrected chi connectivity index (χ4v) is 4.98. The lowest BCUT2D eigenvalue weighted by Gasteiger charge is -2.30. The zero-order valence-electron chi connectivity index (χ0n) is 17.6. The van der Waals surface area contributed by atoms with Crippen LogP contribution in [-0.2, 0) is 12.0 Å². The van der Waals surface area contributed by atoms with Gasteiger partial charge < -0.3 is 9.67 Å². The summed E-state index contributed by atoms with van der Waals surface area (Å²) >= 11 is 12.0. The smallest absolute Gasteiger partial charge is 0.403 e. The number of aliphatic imine (C=N–C) groups is 1. The van der Waals surface area contributed by atoms with E-state index in [0.717, 1.165) is 11.9 Å². The monoisotopic (exact) mass is 503 g/mol. The van der Waals surface area contributed by atoms with Gasteiger partial charge in [0.25, 0.3) is 0 Å². The zero-order valence-corrected chi connectivity index (χ0v) is 19.1. The van der Waals surface area contributed by atoms with Gasteiger partial charge in [-0.1, -0.05) is 35.3 Å². The highest BCUT2D eigenvalue weighted by Crippen LogP contribution is 2.51. The Kier molecular flexibility index (Phi) is 5.57. The Balaban J connectivity index is 1.49. The summed E-state index contributed by atoms with van der Waals surface area (Å²) in [6, 6.07) is 13.9. The van der Waals surface area contributed by atoms with Crippen LogP contribution in [0.3, 0.4) is 0 Å². The van der Waals surface area contributed by atoms with Crippen molar-refractivity contribution in [3.8, 4) is 5.88 Å². The Labute approximate surface area is 203 Å². The molecule has 5 rings (SSSR count). The molecule has 0 fully saturated rings. The fraction of sp³-hybridized carbons (Fsp3) is 0.200. The Bertz CT molecular complexity index is 1380. The molecule has 0 aliphatic carbocycles. The molecule has 9 heteroatoms. The van der Waals surface area contributed by atoms with Crippen LogP contribution in [0.1, 0.15) is 29.3 Å². The van der Waals surface area contributed by atoms with Gasteiger partial charge in [0, 0.05) is 39.4 Å². The molecule has 0 radical (unpaired) electrons. The molecular weight excluding hydrogens is 486 g/mol. The maximum atomic E-state index is 14.4. The number of nitrogens with zero attached hydrogens (tertiary/aromatic N) is 3. The van der Waals surface area contributed by atoms with E-state index in [1.165, 1.54) is 18.2 Å². The minimum atomic E-state index is -4.59. The summed E-state index contributed by atoms with van der Waals surface area (Å²) in [6.07, 6.45) is -0.498. The number of benzene rings is 2. The largest absolute Gasteiger partial charge is 0.494 e. The Morgan fingerprint density at radius 2 is 1.82 bits per heavy atom. The average molecular weight is 504 g/mol. The standard InChI is InChI=1S/C25H18Cl2F3N3O/c26-18-8-17(9-19(27)10-18)24(25(28,29)30)11-22(32-14-24)15-4-5-21-16(7-15)12-33(23(21)34)13-20-3-1-2-6-31-20/h1-10,12,14,22,34H,11,13H2. The molecule has 2 aromatic carbocycles. The molecule has 2 atom stereocenters. The van der Waals surface area contributed by atoms with Crippen molar-refractivity contribution in [3.05, 3.63) is 93.9 Å². The lowest BCUT2D eigenvalue weighted by molar-refractivity contribution is -0.168. The van der Waals surface area contributed by atoms with Gasteiger partial charge in [0.2, 0.25) is 0 Å². The van der Waals surface area contributed by atoms with Gasteiger partial charge in [-0.05, 0) is 60.0 Å². The highest BCUT2D eigenvalue weighted by molar-refractivity contribution is 6.34. The first-order valence-corrected chi connectivity index (χ1v) is 11.2. The van der Waals surface area contributed by atoms with Crippen LogP contribution in [-0.4, -0.2) is 27.0 Å². The first-order chi connectivity index (χ1) is 16.2. The lowest BCUT2D eigenvalue weighted by Crippen LogP contribution is -2.42. The van der Waals surface area contributed by atoms with Crippen molar-refractivity contribution in [2.45, 2.75) is 30.6 Å². The second kappa shape index (κ2) is 8.32. The quantitative estimate of drug-likeness (QED) is 0.322.